The van der Waals surface area contributed by atoms with Crippen molar-refractivity contribution >= 4 is 36.6 Å². The Morgan fingerprint density at radius 2 is 1.31 bits per heavy atom. The van der Waals surface area contributed by atoms with Crippen molar-refractivity contribution in [2.24, 2.45) is 0 Å². The number of para-hydroxylation sites is 1. The number of alkyl halides is 3. The largest absolute Gasteiger partial charge is 0.444 e. The molecule has 0 aliphatic rings. The lowest BCUT2D eigenvalue weighted by Gasteiger charge is -2.19. The summed E-state index contributed by atoms with van der Waals surface area (Å²) in [6.45, 7) is 0.536. The fourth-order valence-corrected chi connectivity index (χ4v) is 5.97. The van der Waals surface area contributed by atoms with Gasteiger partial charge in [-0.1, -0.05) is 25.1 Å². The molecule has 0 spiro atoms. The Morgan fingerprint density at radius 3 is 1.82 bits per heavy atom. The van der Waals surface area contributed by atoms with Crippen molar-refractivity contribution in [1.29, 1.82) is 10.5 Å². The zero-order chi connectivity index (χ0) is 29.1. The Balaban J connectivity index is 0.000000274. The van der Waals surface area contributed by atoms with E-state index in [9.17, 15) is 13.2 Å². The molecule has 0 saturated carbocycles. The molecule has 0 amide bonds. The molecule has 0 fully saturated rings. The summed E-state index contributed by atoms with van der Waals surface area (Å²) in [5, 5.41) is 17.4. The van der Waals surface area contributed by atoms with Gasteiger partial charge in [-0.05, 0) is 84.6 Å². The molecule has 3 aromatic rings. The predicted octanol–water partition coefficient (Wildman–Crippen LogP) is 8.28. The molecule has 0 saturated heterocycles. The molecule has 3 rings (SSSR count). The molecule has 0 bridgehead atoms. The van der Waals surface area contributed by atoms with Gasteiger partial charge in [0.25, 0.3) is 6.49 Å². The molecular weight excluding hydrogens is 587 g/mol. The smallest absolute Gasteiger partial charge is 0.417 e. The van der Waals surface area contributed by atoms with Gasteiger partial charge in [-0.2, -0.15) is 23.7 Å². The van der Waals surface area contributed by atoms with Gasteiger partial charge in [-0.3, -0.25) is 0 Å². The lowest BCUT2D eigenvalue weighted by molar-refractivity contribution is -0.137. The highest BCUT2D eigenvalue weighted by Gasteiger charge is 2.34. The first-order valence-electron chi connectivity index (χ1n) is 11.3. The maximum Gasteiger partial charge on any atom is 0.417 e. The van der Waals surface area contributed by atoms with E-state index in [1.54, 1.807) is 37.6 Å². The average Bonchev–Trinajstić information content (AvgIpc) is 2.87. The third-order valence-corrected chi connectivity index (χ3v) is 7.75. The van der Waals surface area contributed by atoms with Gasteiger partial charge in [-0.25, -0.2) is 0 Å². The normalized spacial score (nSPS) is 13.7. The number of hydrogen-bond acceptors (Lipinski definition) is 8. The van der Waals surface area contributed by atoms with Gasteiger partial charge in [0, 0.05) is 13.3 Å². The van der Waals surface area contributed by atoms with Crippen LogP contribution in [0.5, 0.6) is 17.2 Å². The maximum absolute atomic E-state index is 12.8. The summed E-state index contributed by atoms with van der Waals surface area (Å²) in [5.41, 5.74) is -0.910. The summed E-state index contributed by atoms with van der Waals surface area (Å²) >= 11 is 10.5. The first-order chi connectivity index (χ1) is 18.3. The quantitative estimate of drug-likeness (QED) is 0.223. The van der Waals surface area contributed by atoms with Crippen LogP contribution in [0.4, 0.5) is 13.2 Å². The SMILES string of the molecule is CCCOP(C)(=S)Oc1ccc(C#N)c(C(F)(F)F)c1.CP(=S)(Oc1ccccc1)Oc1ccc(C#N)cc1. The van der Waals surface area contributed by atoms with Crippen molar-refractivity contribution in [3.63, 3.8) is 0 Å². The van der Waals surface area contributed by atoms with Crippen molar-refractivity contribution in [2.45, 2.75) is 19.5 Å². The summed E-state index contributed by atoms with van der Waals surface area (Å²) in [7, 11) is 0. The highest BCUT2D eigenvalue weighted by molar-refractivity contribution is 8.10. The molecule has 206 valence electrons. The van der Waals surface area contributed by atoms with Gasteiger partial charge in [0.1, 0.15) is 17.2 Å². The van der Waals surface area contributed by atoms with E-state index in [0.717, 1.165) is 18.6 Å². The number of nitrogens with zero attached hydrogens (tertiary/aromatic N) is 2. The minimum atomic E-state index is -4.62. The monoisotopic (exact) mass is 612 g/mol. The van der Waals surface area contributed by atoms with E-state index < -0.39 is 30.3 Å². The first kappa shape index (κ1) is 32.3. The van der Waals surface area contributed by atoms with E-state index in [1.807, 2.05) is 37.3 Å². The van der Waals surface area contributed by atoms with Crippen LogP contribution in [0.1, 0.15) is 30.0 Å². The van der Waals surface area contributed by atoms with Crippen LogP contribution in [0.3, 0.4) is 0 Å². The molecule has 2 atom stereocenters. The molecule has 0 aromatic heterocycles. The lowest BCUT2D eigenvalue weighted by atomic mass is 10.1. The molecule has 13 heteroatoms. The van der Waals surface area contributed by atoms with Crippen LogP contribution in [0, 0.1) is 22.7 Å². The standard InChI is InChI=1S/C14H12NO2PS.C12H13F3NO2PS/c1-18(19,16-13-5-3-2-4-6-13)17-14-9-7-12(11-15)8-10-14;1-3-6-17-19(2,20)18-10-5-4-9(8-16)11(7-10)12(13,14)15/h2-10H,1H3;4-5,7H,3,6H2,1-2H3. The molecule has 0 radical (unpaired) electrons. The Hall–Kier alpha value is -2.91. The van der Waals surface area contributed by atoms with E-state index >= 15 is 0 Å². The minimum absolute atomic E-state index is 0.0433. The fraction of sp³-hybridized carbons (Fsp3) is 0.231. The molecule has 0 aliphatic carbocycles. The molecule has 2 unspecified atom stereocenters. The van der Waals surface area contributed by atoms with E-state index in [1.165, 1.54) is 12.1 Å². The predicted molar refractivity (Wildman–Crippen MR) is 152 cm³/mol. The zero-order valence-electron chi connectivity index (χ0n) is 21.2. The Morgan fingerprint density at radius 1 is 0.769 bits per heavy atom. The maximum atomic E-state index is 12.8. The Kier molecular flexibility index (Phi) is 12.0. The summed E-state index contributed by atoms with van der Waals surface area (Å²) in [4.78, 5) is 0. The zero-order valence-corrected chi connectivity index (χ0v) is 24.6. The summed E-state index contributed by atoms with van der Waals surface area (Å²) < 4.78 is 60.4. The number of benzene rings is 3. The highest BCUT2D eigenvalue weighted by atomic mass is 32.5. The van der Waals surface area contributed by atoms with Crippen molar-refractivity contribution in [1.82, 2.24) is 0 Å². The number of hydrogen-bond donors (Lipinski definition) is 0. The van der Waals surface area contributed by atoms with Crippen molar-refractivity contribution < 1.29 is 31.3 Å². The van der Waals surface area contributed by atoms with E-state index in [2.05, 4.69) is 6.07 Å². The lowest BCUT2D eigenvalue weighted by Crippen LogP contribution is -2.08. The van der Waals surface area contributed by atoms with Gasteiger partial charge >= 0.3 is 6.18 Å². The van der Waals surface area contributed by atoms with Crippen molar-refractivity contribution in [3.05, 3.63) is 89.5 Å². The van der Waals surface area contributed by atoms with Crippen LogP contribution in [-0.4, -0.2) is 19.9 Å². The summed E-state index contributed by atoms with van der Waals surface area (Å²) in [6, 6.07) is 22.8. The van der Waals surface area contributed by atoms with Gasteiger partial charge < -0.3 is 18.1 Å². The number of halogens is 3. The van der Waals surface area contributed by atoms with Crippen molar-refractivity contribution in [2.75, 3.05) is 19.9 Å². The van der Waals surface area contributed by atoms with Crippen LogP contribution < -0.4 is 13.6 Å². The van der Waals surface area contributed by atoms with Crippen molar-refractivity contribution in [3.8, 4) is 29.4 Å². The second-order valence-corrected chi connectivity index (χ2v) is 15.8. The second-order valence-electron chi connectivity index (χ2n) is 7.92. The molecular formula is C26H25F3N2O4P2S2. The number of rotatable bonds is 9. The molecule has 39 heavy (non-hydrogen) atoms. The first-order valence-corrected chi connectivity index (χ1v) is 17.5. The van der Waals surface area contributed by atoms with Crippen LogP contribution in [0.15, 0.2) is 72.8 Å². The molecule has 0 heterocycles. The van der Waals surface area contributed by atoms with Crippen LogP contribution in [0.25, 0.3) is 0 Å². The average molecular weight is 613 g/mol. The minimum Gasteiger partial charge on any atom is -0.444 e. The van der Waals surface area contributed by atoms with Crippen LogP contribution in [-0.2, 0) is 34.3 Å². The Labute approximate surface area is 236 Å². The Bertz CT molecular complexity index is 1420. The highest BCUT2D eigenvalue weighted by Crippen LogP contribution is 2.46. The van der Waals surface area contributed by atoms with E-state index in [-0.39, 0.29) is 5.75 Å². The summed E-state index contributed by atoms with van der Waals surface area (Å²) in [6.07, 6.45) is -3.89. The van der Waals surface area contributed by atoms with Gasteiger partial charge in [0.05, 0.1) is 35.4 Å². The topological polar surface area (TPSA) is 84.5 Å². The third-order valence-electron chi connectivity index (χ3n) is 4.49. The van der Waals surface area contributed by atoms with E-state index in [0.29, 0.717) is 23.7 Å². The number of nitriles is 2. The van der Waals surface area contributed by atoms with Gasteiger partial charge in [-0.15, -0.1) is 0 Å². The fourth-order valence-electron chi connectivity index (χ4n) is 2.86. The molecule has 6 nitrogen and oxygen atoms in total. The summed E-state index contributed by atoms with van der Waals surface area (Å²) in [5.74, 6) is 1.26. The third kappa shape index (κ3) is 11.4. The van der Waals surface area contributed by atoms with Gasteiger partial charge in [0.15, 0.2) is 0 Å². The van der Waals surface area contributed by atoms with Crippen LogP contribution >= 0.6 is 13.0 Å². The molecule has 0 N–H and O–H groups in total. The second kappa shape index (κ2) is 14.5. The van der Waals surface area contributed by atoms with Crippen LogP contribution in [0.2, 0.25) is 0 Å². The molecule has 3 aromatic carbocycles. The van der Waals surface area contributed by atoms with E-state index in [4.69, 9.17) is 52.2 Å². The van der Waals surface area contributed by atoms with Gasteiger partial charge in [0.2, 0.25) is 6.49 Å². The molecule has 0 aliphatic heterocycles.